The molecule has 1 aromatic heterocycles. The normalized spacial score (nSPS) is 15.3. The quantitative estimate of drug-likeness (QED) is 0.544. The number of carbonyl (C=O) groups is 1. The van der Waals surface area contributed by atoms with E-state index in [2.05, 4.69) is 21.4 Å². The van der Waals surface area contributed by atoms with Crippen molar-refractivity contribution in [2.75, 3.05) is 18.4 Å². The summed E-state index contributed by atoms with van der Waals surface area (Å²) < 4.78 is 39.4. The van der Waals surface area contributed by atoms with Crippen molar-refractivity contribution < 1.29 is 18.0 Å². The molecule has 0 aliphatic carbocycles. The van der Waals surface area contributed by atoms with E-state index in [-0.39, 0.29) is 5.91 Å². The van der Waals surface area contributed by atoms with Crippen LogP contribution in [0.3, 0.4) is 0 Å². The molecule has 1 atom stereocenters. The van der Waals surface area contributed by atoms with Crippen LogP contribution >= 0.6 is 0 Å². The summed E-state index contributed by atoms with van der Waals surface area (Å²) in [5.41, 5.74) is 2.76. The first kappa shape index (κ1) is 22.8. The molecule has 0 spiro atoms. The van der Waals surface area contributed by atoms with Crippen molar-refractivity contribution in [1.82, 2.24) is 14.9 Å². The van der Waals surface area contributed by atoms with Gasteiger partial charge in [-0.2, -0.15) is 13.2 Å². The number of rotatable bonds is 4. The molecule has 8 heteroatoms. The van der Waals surface area contributed by atoms with Crippen molar-refractivity contribution in [2.24, 2.45) is 0 Å². The number of amides is 1. The largest absolute Gasteiger partial charge is 0.416 e. The van der Waals surface area contributed by atoms with Gasteiger partial charge in [-0.1, -0.05) is 24.3 Å². The van der Waals surface area contributed by atoms with Crippen LogP contribution < -0.4 is 5.32 Å². The molecule has 5 nitrogen and oxygen atoms in total. The van der Waals surface area contributed by atoms with Crippen LogP contribution in [0.4, 0.5) is 19.0 Å². The summed E-state index contributed by atoms with van der Waals surface area (Å²) in [4.78, 5) is 22.4. The van der Waals surface area contributed by atoms with Crippen molar-refractivity contribution in [2.45, 2.75) is 39.4 Å². The van der Waals surface area contributed by atoms with Crippen LogP contribution in [0.2, 0.25) is 0 Å². The van der Waals surface area contributed by atoms with Gasteiger partial charge < -0.3 is 10.2 Å². The first-order chi connectivity index (χ1) is 15.6. The Hall–Kier alpha value is -3.42. The van der Waals surface area contributed by atoms with Crippen molar-refractivity contribution in [3.8, 4) is 0 Å². The molecule has 2 aromatic carbocycles. The van der Waals surface area contributed by atoms with Crippen LogP contribution in [0.1, 0.15) is 48.8 Å². The second-order valence-electron chi connectivity index (χ2n) is 8.28. The summed E-state index contributed by atoms with van der Waals surface area (Å²) in [6.07, 6.45) is -1.59. The zero-order valence-electron chi connectivity index (χ0n) is 18.7. The van der Waals surface area contributed by atoms with Crippen LogP contribution in [0.15, 0.2) is 48.5 Å². The molecule has 1 aliphatic heterocycles. The van der Waals surface area contributed by atoms with Gasteiger partial charge >= 0.3 is 6.18 Å². The molecule has 0 fully saturated rings. The lowest BCUT2D eigenvalue weighted by molar-refractivity contribution is -0.137. The number of benzene rings is 2. The van der Waals surface area contributed by atoms with E-state index in [0.29, 0.717) is 30.3 Å². The lowest BCUT2D eigenvalue weighted by Gasteiger charge is -2.25. The number of hydrogen-bond acceptors (Lipinski definition) is 4. The molecule has 0 saturated heterocycles. The monoisotopic (exact) mass is 454 g/mol. The number of fused-ring (bicyclic) bond motifs is 1. The lowest BCUT2D eigenvalue weighted by Crippen LogP contribution is -2.32. The molecule has 1 amide bonds. The molecule has 3 aromatic rings. The maximum absolute atomic E-state index is 13.1. The molecule has 1 aliphatic rings. The molecule has 1 N–H and O–H groups in total. The molecule has 0 radical (unpaired) electrons. The van der Waals surface area contributed by atoms with E-state index in [0.717, 1.165) is 40.6 Å². The predicted molar refractivity (Wildman–Crippen MR) is 123 cm³/mol. The van der Waals surface area contributed by atoms with Crippen LogP contribution in [0, 0.1) is 6.92 Å². The Morgan fingerprint density at radius 1 is 1.15 bits per heavy atom. The summed E-state index contributed by atoms with van der Waals surface area (Å²) in [6.45, 7) is 6.40. The molecule has 33 heavy (non-hydrogen) atoms. The number of halogens is 3. The lowest BCUT2D eigenvalue weighted by atomic mass is 9.97. The molecular weight excluding hydrogens is 429 g/mol. The van der Waals surface area contributed by atoms with Crippen LogP contribution in [0.25, 0.3) is 16.5 Å². The highest BCUT2D eigenvalue weighted by Gasteiger charge is 2.30. The topological polar surface area (TPSA) is 58.1 Å². The standard InChI is InChI=1S/C25H25F3N4O/c1-15(19-5-4-6-21(13-19)25(26,27)28)29-24-22-14-20(7-8-23(22)30-16(2)31-24)18-9-11-32(12-10-18)17(3)33/h4-9,13-15H,10-12H2,1-3H3,(H,29,30,31)/t15-/m0/s1. The highest BCUT2D eigenvalue weighted by atomic mass is 19.4. The fourth-order valence-electron chi connectivity index (χ4n) is 4.04. The van der Waals surface area contributed by atoms with Gasteiger partial charge in [-0.05, 0) is 61.2 Å². The number of anilines is 1. The average molecular weight is 454 g/mol. The zero-order chi connectivity index (χ0) is 23.8. The Balaban J connectivity index is 1.66. The van der Waals surface area contributed by atoms with E-state index in [9.17, 15) is 18.0 Å². The van der Waals surface area contributed by atoms with E-state index >= 15 is 0 Å². The van der Waals surface area contributed by atoms with Crippen LogP contribution in [-0.4, -0.2) is 33.9 Å². The number of aromatic nitrogens is 2. The Kier molecular flexibility index (Phi) is 6.10. The highest BCUT2D eigenvalue weighted by molar-refractivity contribution is 5.92. The predicted octanol–water partition coefficient (Wildman–Crippen LogP) is 5.77. The van der Waals surface area contributed by atoms with Gasteiger partial charge in [0.1, 0.15) is 11.6 Å². The third kappa shape index (κ3) is 4.99. The Bertz CT molecular complexity index is 1240. The minimum Gasteiger partial charge on any atom is -0.363 e. The van der Waals surface area contributed by atoms with Crippen molar-refractivity contribution in [3.05, 3.63) is 71.1 Å². The summed E-state index contributed by atoms with van der Waals surface area (Å²) in [5, 5.41) is 4.08. The Labute approximate surface area is 190 Å². The summed E-state index contributed by atoms with van der Waals surface area (Å²) in [5.74, 6) is 1.21. The van der Waals surface area contributed by atoms with E-state index in [1.807, 2.05) is 25.1 Å². The zero-order valence-corrected chi connectivity index (χ0v) is 18.7. The maximum atomic E-state index is 13.1. The Morgan fingerprint density at radius 3 is 2.61 bits per heavy atom. The molecule has 172 valence electrons. The number of aryl methyl sites for hydroxylation is 1. The first-order valence-electron chi connectivity index (χ1n) is 10.8. The minimum absolute atomic E-state index is 0.0581. The van der Waals surface area contributed by atoms with Crippen LogP contribution in [0.5, 0.6) is 0 Å². The second-order valence-corrected chi connectivity index (χ2v) is 8.28. The second kappa shape index (κ2) is 8.84. The van der Waals surface area contributed by atoms with Gasteiger partial charge in [0, 0.05) is 31.4 Å². The van der Waals surface area contributed by atoms with Crippen LogP contribution in [-0.2, 0) is 11.0 Å². The van der Waals surface area contributed by atoms with Gasteiger partial charge in [0.25, 0.3) is 0 Å². The van der Waals surface area contributed by atoms with Gasteiger partial charge in [0.2, 0.25) is 5.91 Å². The van der Waals surface area contributed by atoms with E-state index < -0.39 is 17.8 Å². The first-order valence-corrected chi connectivity index (χ1v) is 10.8. The fourth-order valence-corrected chi connectivity index (χ4v) is 4.04. The van der Waals surface area contributed by atoms with Gasteiger partial charge in [0.15, 0.2) is 0 Å². The fraction of sp³-hybridized carbons (Fsp3) is 0.320. The number of nitrogens with one attached hydrogen (secondary N) is 1. The van der Waals surface area contributed by atoms with Crippen molar-refractivity contribution >= 4 is 28.2 Å². The van der Waals surface area contributed by atoms with Gasteiger partial charge in [-0.15, -0.1) is 0 Å². The van der Waals surface area contributed by atoms with E-state index in [1.54, 1.807) is 24.8 Å². The minimum atomic E-state index is -4.39. The van der Waals surface area contributed by atoms with Gasteiger partial charge in [-0.3, -0.25) is 4.79 Å². The van der Waals surface area contributed by atoms with Gasteiger partial charge in [-0.25, -0.2) is 9.97 Å². The Morgan fingerprint density at radius 2 is 1.94 bits per heavy atom. The summed E-state index contributed by atoms with van der Waals surface area (Å²) in [6, 6.07) is 10.9. The number of carbonyl (C=O) groups excluding carboxylic acids is 1. The van der Waals surface area contributed by atoms with E-state index in [1.165, 1.54) is 6.07 Å². The van der Waals surface area contributed by atoms with E-state index in [4.69, 9.17) is 0 Å². The molecular formula is C25H25F3N4O. The molecule has 0 saturated carbocycles. The smallest absolute Gasteiger partial charge is 0.363 e. The summed E-state index contributed by atoms with van der Waals surface area (Å²) in [7, 11) is 0. The third-order valence-electron chi connectivity index (χ3n) is 5.90. The average Bonchev–Trinajstić information content (AvgIpc) is 2.78. The molecule has 0 unspecified atom stereocenters. The number of nitrogens with zero attached hydrogens (tertiary/aromatic N) is 3. The van der Waals surface area contributed by atoms with Crippen molar-refractivity contribution in [3.63, 3.8) is 0 Å². The number of hydrogen-bond donors (Lipinski definition) is 1. The molecule has 4 rings (SSSR count). The van der Waals surface area contributed by atoms with Gasteiger partial charge in [0.05, 0.1) is 11.1 Å². The summed E-state index contributed by atoms with van der Waals surface area (Å²) >= 11 is 0. The number of alkyl halides is 3. The third-order valence-corrected chi connectivity index (χ3v) is 5.90. The molecule has 2 heterocycles. The molecule has 0 bridgehead atoms. The highest BCUT2D eigenvalue weighted by Crippen LogP contribution is 2.33. The maximum Gasteiger partial charge on any atom is 0.416 e. The van der Waals surface area contributed by atoms with Crippen molar-refractivity contribution in [1.29, 1.82) is 0 Å². The SMILES string of the molecule is CC(=O)N1CC=C(c2ccc3nc(C)nc(N[C@@H](C)c4cccc(C(F)(F)F)c4)c3c2)CC1.